The molecule has 1 aromatic rings. The molecule has 4 N–H and O–H groups in total. The molecular weight excluding hydrogens is 326 g/mol. The highest BCUT2D eigenvalue weighted by atomic mass is 19.3. The van der Waals surface area contributed by atoms with E-state index in [1.807, 2.05) is 19.9 Å². The van der Waals surface area contributed by atoms with Gasteiger partial charge < -0.3 is 16.2 Å². The molecule has 2 fully saturated rings. The van der Waals surface area contributed by atoms with Gasteiger partial charge in [-0.1, -0.05) is 6.42 Å². The van der Waals surface area contributed by atoms with Crippen LogP contribution in [0.3, 0.4) is 0 Å². The number of alkyl halides is 2. The van der Waals surface area contributed by atoms with Gasteiger partial charge >= 0.3 is 6.61 Å². The van der Waals surface area contributed by atoms with Gasteiger partial charge in [0.05, 0.1) is 0 Å². The van der Waals surface area contributed by atoms with E-state index in [0.717, 1.165) is 18.6 Å². The number of anilines is 1. The summed E-state index contributed by atoms with van der Waals surface area (Å²) in [6.07, 6.45) is 8.06. The molecule has 5 nitrogen and oxygen atoms in total. The van der Waals surface area contributed by atoms with Crippen molar-refractivity contribution < 1.29 is 13.5 Å². The Kier molecular flexibility index (Phi) is 4.67. The molecule has 136 valence electrons. The number of hydrogen-bond donors (Lipinski definition) is 2. The lowest BCUT2D eigenvalue weighted by Crippen LogP contribution is -2.17. The molecule has 0 aromatic carbocycles. The van der Waals surface area contributed by atoms with Crippen LogP contribution in [-0.2, 0) is 0 Å². The Morgan fingerprint density at radius 2 is 2.24 bits per heavy atom. The molecule has 0 spiro atoms. The molecule has 25 heavy (non-hydrogen) atoms. The van der Waals surface area contributed by atoms with Crippen molar-refractivity contribution in [3.05, 3.63) is 23.9 Å². The third kappa shape index (κ3) is 3.60. The molecule has 1 heterocycles. The lowest BCUT2D eigenvalue weighted by molar-refractivity contribution is -0.0495. The van der Waals surface area contributed by atoms with Crippen molar-refractivity contribution in [3.63, 3.8) is 0 Å². The summed E-state index contributed by atoms with van der Waals surface area (Å²) in [6, 6.07) is 1.56. The SMILES string of the molecule is CC(C)N=C(C=C(N)c1cnc(N)c(OC(F)F)c1)[C@]12CCC[C@@H]1C2. The van der Waals surface area contributed by atoms with Gasteiger partial charge in [-0.05, 0) is 51.2 Å². The monoisotopic (exact) mass is 350 g/mol. The summed E-state index contributed by atoms with van der Waals surface area (Å²) in [6.45, 7) is 1.10. The van der Waals surface area contributed by atoms with Crippen molar-refractivity contribution in [1.29, 1.82) is 0 Å². The smallest absolute Gasteiger partial charge is 0.387 e. The van der Waals surface area contributed by atoms with Crippen molar-refractivity contribution in [2.45, 2.75) is 52.2 Å². The first-order valence-electron chi connectivity index (χ1n) is 8.58. The van der Waals surface area contributed by atoms with E-state index in [9.17, 15) is 8.78 Å². The van der Waals surface area contributed by atoms with E-state index in [4.69, 9.17) is 16.5 Å². The summed E-state index contributed by atoms with van der Waals surface area (Å²) in [5, 5.41) is 0. The first-order valence-corrected chi connectivity index (χ1v) is 8.58. The van der Waals surface area contributed by atoms with Gasteiger partial charge in [0.15, 0.2) is 11.6 Å². The average Bonchev–Trinajstić information content (AvgIpc) is 3.09. The molecule has 1 aromatic heterocycles. The minimum absolute atomic E-state index is 0.0930. The number of pyridine rings is 1. The molecule has 2 aliphatic carbocycles. The number of halogens is 2. The van der Waals surface area contributed by atoms with Gasteiger partial charge in [-0.25, -0.2) is 4.98 Å². The van der Waals surface area contributed by atoms with E-state index in [-0.39, 0.29) is 23.0 Å². The minimum Gasteiger partial charge on any atom is -0.431 e. The zero-order valence-corrected chi connectivity index (χ0v) is 14.5. The van der Waals surface area contributed by atoms with Gasteiger partial charge in [-0.2, -0.15) is 8.78 Å². The molecule has 0 unspecified atom stereocenters. The van der Waals surface area contributed by atoms with Crippen LogP contribution in [0.4, 0.5) is 14.6 Å². The highest BCUT2D eigenvalue weighted by Gasteiger charge is 2.59. The van der Waals surface area contributed by atoms with Crippen LogP contribution >= 0.6 is 0 Å². The lowest BCUT2D eigenvalue weighted by atomic mass is 9.95. The fourth-order valence-corrected chi connectivity index (χ4v) is 3.79. The van der Waals surface area contributed by atoms with E-state index in [1.165, 1.54) is 25.1 Å². The first kappa shape index (κ1) is 17.6. The van der Waals surface area contributed by atoms with Gasteiger partial charge in [-0.3, -0.25) is 4.99 Å². The third-order valence-electron chi connectivity index (χ3n) is 5.04. The summed E-state index contributed by atoms with van der Waals surface area (Å²) < 4.78 is 29.4. The standard InChI is InChI=1S/C18H24F2N4O/c1-10(2)24-15(18-5-3-4-12(18)8-18)7-13(21)11-6-14(25-17(19)20)16(22)23-9-11/h6-7,9-10,12,17H,3-5,8,21H2,1-2H3,(H2,22,23)/t12-,18+/m1/s1. The molecule has 2 saturated carbocycles. The Morgan fingerprint density at radius 3 is 2.80 bits per heavy atom. The Balaban J connectivity index is 1.91. The van der Waals surface area contributed by atoms with Crippen molar-refractivity contribution >= 4 is 17.2 Å². The van der Waals surface area contributed by atoms with Gasteiger partial charge in [0, 0.05) is 34.6 Å². The molecule has 2 atom stereocenters. The van der Waals surface area contributed by atoms with Gasteiger partial charge in [0.2, 0.25) is 0 Å². The quantitative estimate of drug-likeness (QED) is 0.768. The number of aliphatic imine (C=N–C) groups is 1. The van der Waals surface area contributed by atoms with Crippen molar-refractivity contribution in [3.8, 4) is 5.75 Å². The Bertz CT molecular complexity index is 717. The zero-order valence-electron chi connectivity index (χ0n) is 14.5. The molecule has 0 aliphatic heterocycles. The molecule has 2 aliphatic rings. The second-order valence-electron chi connectivity index (χ2n) is 7.14. The maximum Gasteiger partial charge on any atom is 0.387 e. The summed E-state index contributed by atoms with van der Waals surface area (Å²) in [5.41, 5.74) is 13.9. The normalized spacial score (nSPS) is 26.2. The van der Waals surface area contributed by atoms with Crippen LogP contribution in [0.2, 0.25) is 0 Å². The van der Waals surface area contributed by atoms with Crippen molar-refractivity contribution in [1.82, 2.24) is 4.98 Å². The fraction of sp³-hybridized carbons (Fsp3) is 0.556. The predicted octanol–water partition coefficient (Wildman–Crippen LogP) is 3.60. The maximum atomic E-state index is 12.5. The largest absolute Gasteiger partial charge is 0.431 e. The van der Waals surface area contributed by atoms with Crippen LogP contribution in [0.1, 0.15) is 45.1 Å². The van der Waals surface area contributed by atoms with E-state index >= 15 is 0 Å². The van der Waals surface area contributed by atoms with Crippen LogP contribution in [0.15, 0.2) is 23.3 Å². The number of hydrogen-bond acceptors (Lipinski definition) is 5. The fourth-order valence-electron chi connectivity index (χ4n) is 3.79. The Hall–Kier alpha value is -2.18. The average molecular weight is 350 g/mol. The summed E-state index contributed by atoms with van der Waals surface area (Å²) in [4.78, 5) is 8.70. The van der Waals surface area contributed by atoms with Crippen LogP contribution in [0, 0.1) is 11.3 Å². The second kappa shape index (κ2) is 6.61. The molecule has 3 rings (SSSR count). The number of nitrogens with two attached hydrogens (primary N) is 2. The molecule has 0 radical (unpaired) electrons. The van der Waals surface area contributed by atoms with Crippen molar-refractivity contribution in [2.75, 3.05) is 5.73 Å². The number of allylic oxidation sites excluding steroid dienone is 1. The van der Waals surface area contributed by atoms with Crippen LogP contribution in [0.5, 0.6) is 5.75 Å². The third-order valence-corrected chi connectivity index (χ3v) is 5.04. The van der Waals surface area contributed by atoms with E-state index in [0.29, 0.717) is 17.2 Å². The van der Waals surface area contributed by atoms with Crippen LogP contribution < -0.4 is 16.2 Å². The van der Waals surface area contributed by atoms with E-state index < -0.39 is 6.61 Å². The lowest BCUT2D eigenvalue weighted by Gasteiger charge is -2.16. The summed E-state index contributed by atoms with van der Waals surface area (Å²) >= 11 is 0. The number of nitrogen functional groups attached to an aromatic ring is 1. The first-order chi connectivity index (χ1) is 11.8. The molecule has 7 heteroatoms. The maximum absolute atomic E-state index is 12.5. The number of aromatic nitrogens is 1. The van der Waals surface area contributed by atoms with Crippen LogP contribution in [-0.4, -0.2) is 23.3 Å². The van der Waals surface area contributed by atoms with E-state index in [2.05, 4.69) is 9.72 Å². The summed E-state index contributed by atoms with van der Waals surface area (Å²) in [5.74, 6) is 0.426. The molecule has 0 amide bonds. The number of rotatable bonds is 6. The number of nitrogens with zero attached hydrogens (tertiary/aromatic N) is 2. The number of ether oxygens (including phenoxy) is 1. The molecular formula is C18H24F2N4O. The minimum atomic E-state index is -2.97. The summed E-state index contributed by atoms with van der Waals surface area (Å²) in [7, 11) is 0. The highest BCUT2D eigenvalue weighted by molar-refractivity contribution is 6.06. The van der Waals surface area contributed by atoms with Gasteiger partial charge in [0.25, 0.3) is 0 Å². The topological polar surface area (TPSA) is 86.5 Å². The Morgan fingerprint density at radius 1 is 1.48 bits per heavy atom. The molecule has 0 bridgehead atoms. The highest BCUT2D eigenvalue weighted by Crippen LogP contribution is 2.64. The molecule has 0 saturated heterocycles. The van der Waals surface area contributed by atoms with Crippen LogP contribution in [0.25, 0.3) is 5.70 Å². The number of fused-ring (bicyclic) bond motifs is 1. The predicted molar refractivity (Wildman–Crippen MR) is 94.4 cm³/mol. The van der Waals surface area contributed by atoms with Crippen molar-refractivity contribution in [2.24, 2.45) is 22.1 Å². The Labute approximate surface area is 146 Å². The zero-order chi connectivity index (χ0) is 18.2. The van der Waals surface area contributed by atoms with Gasteiger partial charge in [0.1, 0.15) is 0 Å². The second-order valence-corrected chi connectivity index (χ2v) is 7.14. The van der Waals surface area contributed by atoms with Gasteiger partial charge in [-0.15, -0.1) is 0 Å². The van der Waals surface area contributed by atoms with E-state index in [1.54, 1.807) is 0 Å².